The highest BCUT2D eigenvalue weighted by Gasteiger charge is 2.26. The number of methoxy groups -OCH3 is 1. The number of ether oxygens (including phenoxy) is 1. The molecule has 0 radical (unpaired) electrons. The first-order valence-electron chi connectivity index (χ1n) is 8.23. The Kier molecular flexibility index (Phi) is 6.10. The van der Waals surface area contributed by atoms with Crippen molar-refractivity contribution in [3.8, 4) is 5.75 Å². The number of piperazine rings is 1. The highest BCUT2D eigenvalue weighted by atomic mass is 35.5. The van der Waals surface area contributed by atoms with Gasteiger partial charge in [-0.15, -0.1) is 0 Å². The molecule has 1 heterocycles. The van der Waals surface area contributed by atoms with E-state index in [4.69, 9.17) is 16.3 Å². The van der Waals surface area contributed by atoms with Crippen LogP contribution in [0.15, 0.2) is 12.1 Å². The highest BCUT2D eigenvalue weighted by Crippen LogP contribution is 2.28. The van der Waals surface area contributed by atoms with Crippen LogP contribution in [0.25, 0.3) is 0 Å². The maximum atomic E-state index is 12.6. The van der Waals surface area contributed by atoms with E-state index < -0.39 is 0 Å². The number of nitrogens with zero attached hydrogens (tertiary/aromatic N) is 2. The van der Waals surface area contributed by atoms with Crippen LogP contribution in [0.2, 0.25) is 5.02 Å². The molecule has 0 N–H and O–H groups in total. The lowest BCUT2D eigenvalue weighted by Gasteiger charge is -2.35. The molecule has 1 aliphatic heterocycles. The summed E-state index contributed by atoms with van der Waals surface area (Å²) in [5.74, 6) is 0.883. The molecular formula is C18H25ClN2O3. The lowest BCUT2D eigenvalue weighted by Crippen LogP contribution is -2.51. The molecule has 1 fully saturated rings. The second-order valence-corrected chi connectivity index (χ2v) is 6.89. The molecule has 0 unspecified atom stereocenters. The van der Waals surface area contributed by atoms with Gasteiger partial charge in [0.15, 0.2) is 0 Å². The summed E-state index contributed by atoms with van der Waals surface area (Å²) in [6, 6.07) is 3.61. The van der Waals surface area contributed by atoms with Crippen molar-refractivity contribution in [1.82, 2.24) is 9.80 Å². The van der Waals surface area contributed by atoms with Crippen LogP contribution in [0.5, 0.6) is 5.75 Å². The number of aryl methyl sites for hydroxylation is 1. The second kappa shape index (κ2) is 7.88. The van der Waals surface area contributed by atoms with Gasteiger partial charge in [0.25, 0.3) is 0 Å². The monoisotopic (exact) mass is 352 g/mol. The molecule has 2 rings (SSSR count). The number of rotatable bonds is 4. The second-order valence-electron chi connectivity index (χ2n) is 6.45. The summed E-state index contributed by atoms with van der Waals surface area (Å²) in [4.78, 5) is 28.2. The summed E-state index contributed by atoms with van der Waals surface area (Å²) < 4.78 is 5.41. The minimum atomic E-state index is -0.00838. The zero-order chi connectivity index (χ0) is 17.9. The van der Waals surface area contributed by atoms with Gasteiger partial charge in [-0.3, -0.25) is 9.59 Å². The van der Waals surface area contributed by atoms with Crippen molar-refractivity contribution in [3.05, 3.63) is 28.3 Å². The van der Waals surface area contributed by atoms with Crippen molar-refractivity contribution in [1.29, 1.82) is 0 Å². The minimum Gasteiger partial charge on any atom is -0.496 e. The fraction of sp³-hybridized carbons (Fsp3) is 0.556. The quantitative estimate of drug-likeness (QED) is 0.836. The molecule has 0 atom stereocenters. The summed E-state index contributed by atoms with van der Waals surface area (Å²) in [5, 5.41) is 0.600. The van der Waals surface area contributed by atoms with E-state index >= 15 is 0 Å². The van der Waals surface area contributed by atoms with Gasteiger partial charge < -0.3 is 14.5 Å². The van der Waals surface area contributed by atoms with Crippen molar-refractivity contribution < 1.29 is 14.3 Å². The van der Waals surface area contributed by atoms with E-state index in [1.165, 1.54) is 0 Å². The van der Waals surface area contributed by atoms with Gasteiger partial charge in [-0.25, -0.2) is 0 Å². The summed E-state index contributed by atoms with van der Waals surface area (Å²) in [5.41, 5.74) is 1.72. The van der Waals surface area contributed by atoms with Crippen molar-refractivity contribution in [2.24, 2.45) is 5.92 Å². The molecule has 0 aromatic heterocycles. The van der Waals surface area contributed by atoms with Crippen LogP contribution in [0.3, 0.4) is 0 Å². The van der Waals surface area contributed by atoms with Gasteiger partial charge in [0.2, 0.25) is 11.8 Å². The largest absolute Gasteiger partial charge is 0.496 e. The van der Waals surface area contributed by atoms with Crippen LogP contribution in [0.1, 0.15) is 25.0 Å². The number of benzene rings is 1. The number of hydrogen-bond donors (Lipinski definition) is 0. The fourth-order valence-corrected chi connectivity index (χ4v) is 3.33. The molecule has 1 aromatic rings. The highest BCUT2D eigenvalue weighted by molar-refractivity contribution is 6.30. The predicted octanol–water partition coefficient (Wildman–Crippen LogP) is 2.53. The van der Waals surface area contributed by atoms with E-state index in [9.17, 15) is 9.59 Å². The maximum Gasteiger partial charge on any atom is 0.227 e. The summed E-state index contributed by atoms with van der Waals surface area (Å²) >= 11 is 6.11. The average Bonchev–Trinajstić information content (AvgIpc) is 2.53. The summed E-state index contributed by atoms with van der Waals surface area (Å²) in [6.45, 7) is 8.03. The molecule has 0 saturated carbocycles. The number of hydrogen-bond acceptors (Lipinski definition) is 3. The molecule has 24 heavy (non-hydrogen) atoms. The standard InChI is InChI=1S/C18H25ClN2O3/c1-12(2)18(23)21-7-5-20(6-8-21)16(22)11-14-10-15(19)9-13(3)17(14)24-4/h9-10,12H,5-8,11H2,1-4H3. The molecule has 0 bridgehead atoms. The van der Waals surface area contributed by atoms with Gasteiger partial charge in [0.1, 0.15) is 5.75 Å². The first-order chi connectivity index (χ1) is 11.3. The first kappa shape index (κ1) is 18.6. The molecule has 1 saturated heterocycles. The topological polar surface area (TPSA) is 49.9 Å². The molecular weight excluding hydrogens is 328 g/mol. The van der Waals surface area contributed by atoms with Crippen LogP contribution in [-0.4, -0.2) is 54.9 Å². The molecule has 0 spiro atoms. The first-order valence-corrected chi connectivity index (χ1v) is 8.60. The third-order valence-electron chi connectivity index (χ3n) is 4.30. The SMILES string of the molecule is COc1c(C)cc(Cl)cc1CC(=O)N1CCN(C(=O)C(C)C)CC1. The Morgan fingerprint density at radius 1 is 1.17 bits per heavy atom. The Morgan fingerprint density at radius 2 is 1.75 bits per heavy atom. The molecule has 0 aliphatic carbocycles. The zero-order valence-corrected chi connectivity index (χ0v) is 15.5. The number of halogens is 1. The van der Waals surface area contributed by atoms with E-state index in [0.29, 0.717) is 37.0 Å². The Labute approximate surface area is 148 Å². The fourth-order valence-electron chi connectivity index (χ4n) is 3.04. The van der Waals surface area contributed by atoms with Crippen LogP contribution < -0.4 is 4.74 Å². The van der Waals surface area contributed by atoms with Gasteiger partial charge in [-0.1, -0.05) is 25.4 Å². The van der Waals surface area contributed by atoms with Crippen LogP contribution in [-0.2, 0) is 16.0 Å². The number of carbonyl (C=O) groups excluding carboxylic acids is 2. The molecule has 132 valence electrons. The smallest absolute Gasteiger partial charge is 0.227 e. The van der Waals surface area contributed by atoms with Gasteiger partial charge >= 0.3 is 0 Å². The van der Waals surface area contributed by atoms with Crippen molar-refractivity contribution in [3.63, 3.8) is 0 Å². The van der Waals surface area contributed by atoms with E-state index in [2.05, 4.69) is 0 Å². The zero-order valence-electron chi connectivity index (χ0n) is 14.8. The Hall–Kier alpha value is -1.75. The normalized spacial score (nSPS) is 14.9. The van der Waals surface area contributed by atoms with E-state index in [1.807, 2.05) is 31.7 Å². The Morgan fingerprint density at radius 3 is 2.29 bits per heavy atom. The van der Waals surface area contributed by atoms with Crippen LogP contribution >= 0.6 is 11.6 Å². The Bertz CT molecular complexity index is 623. The van der Waals surface area contributed by atoms with E-state index in [-0.39, 0.29) is 24.2 Å². The van der Waals surface area contributed by atoms with Crippen LogP contribution in [0.4, 0.5) is 0 Å². The van der Waals surface area contributed by atoms with Gasteiger partial charge in [0, 0.05) is 42.7 Å². The molecule has 1 aromatic carbocycles. The summed E-state index contributed by atoms with van der Waals surface area (Å²) in [6.07, 6.45) is 0.253. The lowest BCUT2D eigenvalue weighted by molar-refractivity contribution is -0.141. The third kappa shape index (κ3) is 4.20. The minimum absolute atomic E-state index is 0.00838. The average molecular weight is 353 g/mol. The number of carbonyl (C=O) groups is 2. The molecule has 1 aliphatic rings. The molecule has 5 nitrogen and oxygen atoms in total. The van der Waals surface area contributed by atoms with E-state index in [0.717, 1.165) is 11.1 Å². The lowest BCUT2D eigenvalue weighted by atomic mass is 10.1. The molecule has 2 amide bonds. The third-order valence-corrected chi connectivity index (χ3v) is 4.52. The number of amides is 2. The van der Waals surface area contributed by atoms with Crippen molar-refractivity contribution >= 4 is 23.4 Å². The van der Waals surface area contributed by atoms with Gasteiger partial charge in [-0.2, -0.15) is 0 Å². The Balaban J connectivity index is 2.01. The van der Waals surface area contributed by atoms with Crippen LogP contribution in [0, 0.1) is 12.8 Å². The predicted molar refractivity (Wildman–Crippen MR) is 94.4 cm³/mol. The van der Waals surface area contributed by atoms with Crippen molar-refractivity contribution in [2.75, 3.05) is 33.3 Å². The maximum absolute atomic E-state index is 12.6. The van der Waals surface area contributed by atoms with E-state index in [1.54, 1.807) is 18.1 Å². The summed E-state index contributed by atoms with van der Waals surface area (Å²) in [7, 11) is 1.60. The van der Waals surface area contributed by atoms with Crippen molar-refractivity contribution in [2.45, 2.75) is 27.2 Å². The van der Waals surface area contributed by atoms with Gasteiger partial charge in [-0.05, 0) is 24.6 Å². The molecule has 6 heteroatoms. The van der Waals surface area contributed by atoms with Gasteiger partial charge in [0.05, 0.1) is 13.5 Å².